The Labute approximate surface area is 171 Å². The molecule has 29 heavy (non-hydrogen) atoms. The number of nitrogens with zero attached hydrogens (tertiary/aromatic N) is 2. The largest absolute Gasteiger partial charge is 0.272 e. The number of hydrogen-bond donors (Lipinski definition) is 0. The van der Waals surface area contributed by atoms with Crippen molar-refractivity contribution in [2.45, 2.75) is 39.2 Å². The summed E-state index contributed by atoms with van der Waals surface area (Å²) in [5.41, 5.74) is 1.16. The minimum absolute atomic E-state index is 0.0723. The standard InChI is InChI=1S/C25H26N2O2/c1-24(2)19-15-16-25(24)21(17-19)27(22(28)14-13-18-9-5-3-6-10-18)26(23(25)29)20-11-7-4-8-12-20/h3-14,19,21H,15-17H2,1-2H3/b14-13+/t19-,21-,25+/m1/s1. The molecule has 2 saturated carbocycles. The number of fused-ring (bicyclic) bond motifs is 1. The molecule has 2 aromatic carbocycles. The first-order chi connectivity index (χ1) is 14.0. The molecule has 2 bridgehead atoms. The van der Waals surface area contributed by atoms with Gasteiger partial charge in [0.1, 0.15) is 0 Å². The minimum Gasteiger partial charge on any atom is -0.272 e. The number of anilines is 1. The molecule has 1 aliphatic heterocycles. The van der Waals surface area contributed by atoms with E-state index in [0.29, 0.717) is 5.92 Å². The molecule has 1 heterocycles. The van der Waals surface area contributed by atoms with Gasteiger partial charge in [-0.15, -0.1) is 0 Å². The summed E-state index contributed by atoms with van der Waals surface area (Å²) in [5.74, 6) is 0.444. The Balaban J connectivity index is 1.57. The van der Waals surface area contributed by atoms with E-state index in [-0.39, 0.29) is 23.3 Å². The predicted octanol–water partition coefficient (Wildman–Crippen LogP) is 4.69. The van der Waals surface area contributed by atoms with Crippen molar-refractivity contribution >= 4 is 23.6 Å². The van der Waals surface area contributed by atoms with Crippen LogP contribution in [0.5, 0.6) is 0 Å². The third-order valence-electron chi connectivity index (χ3n) is 7.66. The third-order valence-corrected chi connectivity index (χ3v) is 7.66. The maximum Gasteiger partial charge on any atom is 0.265 e. The molecular formula is C25H26N2O2. The molecule has 0 aromatic heterocycles. The van der Waals surface area contributed by atoms with E-state index in [9.17, 15) is 9.59 Å². The maximum absolute atomic E-state index is 13.9. The van der Waals surface area contributed by atoms with Crippen LogP contribution in [0.3, 0.4) is 0 Å². The maximum atomic E-state index is 13.9. The molecule has 0 N–H and O–H groups in total. The van der Waals surface area contributed by atoms with Crippen LogP contribution in [0.4, 0.5) is 5.69 Å². The summed E-state index contributed by atoms with van der Waals surface area (Å²) in [6.45, 7) is 4.44. The van der Waals surface area contributed by atoms with Gasteiger partial charge in [-0.2, -0.15) is 0 Å². The minimum atomic E-state index is -0.482. The second kappa shape index (κ2) is 6.31. The number of benzene rings is 2. The fourth-order valence-electron chi connectivity index (χ4n) is 6.06. The van der Waals surface area contributed by atoms with Gasteiger partial charge in [0.2, 0.25) is 0 Å². The lowest BCUT2D eigenvalue weighted by Gasteiger charge is -2.34. The lowest BCUT2D eigenvalue weighted by molar-refractivity contribution is -0.131. The fourth-order valence-corrected chi connectivity index (χ4v) is 6.06. The molecule has 0 unspecified atom stereocenters. The molecule has 2 aliphatic carbocycles. The Morgan fingerprint density at radius 3 is 2.34 bits per heavy atom. The Hall–Kier alpha value is -2.88. The molecule has 2 amide bonds. The van der Waals surface area contributed by atoms with Gasteiger partial charge in [0.25, 0.3) is 11.8 Å². The number of para-hydroxylation sites is 1. The van der Waals surface area contributed by atoms with Gasteiger partial charge in [-0.1, -0.05) is 62.4 Å². The first-order valence-electron chi connectivity index (χ1n) is 10.4. The van der Waals surface area contributed by atoms with Gasteiger partial charge in [-0.25, -0.2) is 10.0 Å². The summed E-state index contributed by atoms with van der Waals surface area (Å²) >= 11 is 0. The molecule has 1 saturated heterocycles. The van der Waals surface area contributed by atoms with E-state index >= 15 is 0 Å². The summed E-state index contributed by atoms with van der Waals surface area (Å²) in [6, 6.07) is 19.3. The zero-order chi connectivity index (χ0) is 20.2. The molecule has 5 rings (SSSR count). The second-order valence-corrected chi connectivity index (χ2v) is 9.06. The second-order valence-electron chi connectivity index (χ2n) is 9.06. The van der Waals surface area contributed by atoms with Crippen LogP contribution in [-0.4, -0.2) is 22.9 Å². The summed E-state index contributed by atoms with van der Waals surface area (Å²) in [7, 11) is 0. The van der Waals surface area contributed by atoms with Gasteiger partial charge in [0.15, 0.2) is 0 Å². The van der Waals surface area contributed by atoms with Crippen LogP contribution in [0.15, 0.2) is 66.7 Å². The molecule has 3 aliphatic rings. The lowest BCUT2D eigenvalue weighted by atomic mass is 9.67. The van der Waals surface area contributed by atoms with Gasteiger partial charge >= 0.3 is 0 Å². The van der Waals surface area contributed by atoms with Crippen molar-refractivity contribution in [1.82, 2.24) is 5.01 Å². The Kier molecular flexibility index (Phi) is 3.95. The summed E-state index contributed by atoms with van der Waals surface area (Å²) < 4.78 is 0. The van der Waals surface area contributed by atoms with Crippen molar-refractivity contribution in [3.63, 3.8) is 0 Å². The van der Waals surface area contributed by atoms with Crippen LogP contribution in [0.2, 0.25) is 0 Å². The van der Waals surface area contributed by atoms with Crippen molar-refractivity contribution in [3.8, 4) is 0 Å². The van der Waals surface area contributed by atoms with Crippen LogP contribution in [0.25, 0.3) is 6.08 Å². The van der Waals surface area contributed by atoms with E-state index < -0.39 is 5.41 Å². The highest BCUT2D eigenvalue weighted by Crippen LogP contribution is 2.70. The van der Waals surface area contributed by atoms with Crippen molar-refractivity contribution in [2.24, 2.45) is 16.7 Å². The number of carbonyl (C=O) groups is 2. The van der Waals surface area contributed by atoms with Gasteiger partial charge in [-0.3, -0.25) is 9.59 Å². The molecule has 3 atom stereocenters. The number of hydrazine groups is 1. The quantitative estimate of drug-likeness (QED) is 0.719. The molecule has 148 valence electrons. The topological polar surface area (TPSA) is 40.6 Å². The van der Waals surface area contributed by atoms with E-state index in [2.05, 4.69) is 13.8 Å². The molecule has 1 spiro atoms. The highest BCUT2D eigenvalue weighted by atomic mass is 16.2. The third kappa shape index (κ3) is 2.38. The highest BCUT2D eigenvalue weighted by molar-refractivity contribution is 6.07. The van der Waals surface area contributed by atoms with E-state index in [1.54, 1.807) is 16.1 Å². The Morgan fingerprint density at radius 1 is 1.03 bits per heavy atom. The van der Waals surface area contributed by atoms with Crippen molar-refractivity contribution in [2.75, 3.05) is 5.01 Å². The van der Waals surface area contributed by atoms with Gasteiger partial charge in [0, 0.05) is 6.08 Å². The van der Waals surface area contributed by atoms with Gasteiger partial charge in [-0.05, 0) is 54.4 Å². The van der Waals surface area contributed by atoms with Crippen molar-refractivity contribution in [3.05, 3.63) is 72.3 Å². The molecule has 4 heteroatoms. The van der Waals surface area contributed by atoms with E-state index in [1.165, 1.54) is 0 Å². The van der Waals surface area contributed by atoms with E-state index in [1.807, 2.05) is 66.7 Å². The van der Waals surface area contributed by atoms with Gasteiger partial charge < -0.3 is 0 Å². The number of hydrogen-bond acceptors (Lipinski definition) is 2. The van der Waals surface area contributed by atoms with Crippen LogP contribution >= 0.6 is 0 Å². The molecule has 4 nitrogen and oxygen atoms in total. The monoisotopic (exact) mass is 386 g/mol. The van der Waals surface area contributed by atoms with Crippen LogP contribution in [-0.2, 0) is 9.59 Å². The first-order valence-corrected chi connectivity index (χ1v) is 10.4. The lowest BCUT2D eigenvalue weighted by Crippen LogP contribution is -2.46. The molecule has 2 aromatic rings. The van der Waals surface area contributed by atoms with Crippen molar-refractivity contribution < 1.29 is 9.59 Å². The first kappa shape index (κ1) is 18.2. The van der Waals surface area contributed by atoms with Crippen molar-refractivity contribution in [1.29, 1.82) is 0 Å². The molecular weight excluding hydrogens is 360 g/mol. The fraction of sp³-hybridized carbons (Fsp3) is 0.360. The zero-order valence-corrected chi connectivity index (χ0v) is 16.9. The van der Waals surface area contributed by atoms with Crippen LogP contribution in [0, 0.1) is 16.7 Å². The Morgan fingerprint density at radius 2 is 1.69 bits per heavy atom. The predicted molar refractivity (Wildman–Crippen MR) is 114 cm³/mol. The SMILES string of the molecule is CC1(C)[C@@H]2CC[C@]13C(=O)N(c1ccccc1)N(C(=O)/C=C/c1ccccc1)[C@@H]3C2. The summed E-state index contributed by atoms with van der Waals surface area (Å²) in [6.07, 6.45) is 6.27. The Bertz CT molecular complexity index is 982. The van der Waals surface area contributed by atoms with E-state index in [0.717, 1.165) is 30.5 Å². The molecule has 0 radical (unpaired) electrons. The zero-order valence-electron chi connectivity index (χ0n) is 16.9. The van der Waals surface area contributed by atoms with Crippen LogP contribution < -0.4 is 5.01 Å². The molecule has 3 fully saturated rings. The smallest absolute Gasteiger partial charge is 0.265 e. The number of rotatable bonds is 3. The van der Waals surface area contributed by atoms with Gasteiger partial charge in [0.05, 0.1) is 17.1 Å². The average molecular weight is 386 g/mol. The summed E-state index contributed by atoms with van der Waals surface area (Å²) in [5, 5.41) is 3.41. The average Bonchev–Trinajstić information content (AvgIpc) is 3.26. The highest BCUT2D eigenvalue weighted by Gasteiger charge is 2.75. The van der Waals surface area contributed by atoms with Crippen LogP contribution in [0.1, 0.15) is 38.7 Å². The van der Waals surface area contributed by atoms with E-state index in [4.69, 9.17) is 0 Å². The normalized spacial score (nSPS) is 29.7. The number of carbonyl (C=O) groups excluding carboxylic acids is 2. The number of amides is 2. The summed E-state index contributed by atoms with van der Waals surface area (Å²) in [4.78, 5) is 27.3.